The maximum atomic E-state index is 6.90. The highest BCUT2D eigenvalue weighted by Crippen LogP contribution is 2.52. The largest absolute Gasteiger partial charge is 0.456 e. The van der Waals surface area contributed by atoms with Gasteiger partial charge in [-0.2, -0.15) is 0 Å². The molecule has 2 aliphatic rings. The Bertz CT molecular complexity index is 4230. The van der Waals surface area contributed by atoms with Gasteiger partial charge < -0.3 is 14.3 Å². The number of benzene rings is 9. The highest BCUT2D eigenvalue weighted by atomic mass is 16.3. The topological polar surface area (TPSA) is 47.9 Å². The Morgan fingerprint density at radius 1 is 0.528 bits per heavy atom. The molecule has 0 atom stereocenters. The molecule has 0 saturated heterocycles. The highest BCUT2D eigenvalue weighted by molar-refractivity contribution is 6.73. The summed E-state index contributed by atoms with van der Waals surface area (Å²) >= 11 is 0. The van der Waals surface area contributed by atoms with Crippen LogP contribution in [0.4, 0.5) is 11.4 Å². The predicted octanol–water partition coefficient (Wildman–Crippen LogP) is 15.7. The molecule has 72 heavy (non-hydrogen) atoms. The molecule has 0 amide bonds. The first-order valence-corrected chi connectivity index (χ1v) is 25.5. The number of nitrogens with one attached hydrogen (secondary N) is 1. The van der Waals surface area contributed by atoms with Crippen molar-refractivity contribution >= 4 is 84.4 Å². The molecule has 6 heteroatoms. The van der Waals surface area contributed by atoms with Crippen molar-refractivity contribution in [3.63, 3.8) is 0 Å². The van der Waals surface area contributed by atoms with E-state index < -0.39 is 0 Å². The number of aromatic nitrogens is 3. The van der Waals surface area contributed by atoms with E-state index in [1.165, 1.54) is 77.4 Å². The van der Waals surface area contributed by atoms with E-state index >= 15 is 0 Å². The number of anilines is 2. The lowest BCUT2D eigenvalue weighted by Gasteiger charge is -2.25. The van der Waals surface area contributed by atoms with Crippen molar-refractivity contribution < 1.29 is 4.42 Å². The van der Waals surface area contributed by atoms with Gasteiger partial charge in [0, 0.05) is 66.4 Å². The van der Waals surface area contributed by atoms with E-state index in [-0.39, 0.29) is 16.2 Å². The summed E-state index contributed by atoms with van der Waals surface area (Å²) in [5.74, 6) is 0.928. The van der Waals surface area contributed by atoms with E-state index in [0.717, 1.165) is 74.3 Å². The Morgan fingerprint density at radius 3 is 1.99 bits per heavy atom. The molecule has 9 aromatic carbocycles. The third-order valence-corrected chi connectivity index (χ3v) is 16.0. The molecule has 1 N–H and O–H groups in total. The van der Waals surface area contributed by atoms with Crippen LogP contribution in [0.25, 0.3) is 99.8 Å². The van der Waals surface area contributed by atoms with Gasteiger partial charge in [-0.05, 0) is 122 Å². The van der Waals surface area contributed by atoms with E-state index in [2.05, 4.69) is 246 Å². The van der Waals surface area contributed by atoms with Crippen LogP contribution < -0.4 is 16.2 Å². The average Bonchev–Trinajstić information content (AvgIpc) is 4.10. The molecule has 348 valence electrons. The molecule has 0 radical (unpaired) electrons. The smallest absolute Gasteiger partial charge is 0.198 e. The van der Waals surface area contributed by atoms with Gasteiger partial charge in [0.2, 0.25) is 0 Å². The maximum absolute atomic E-state index is 6.90. The minimum Gasteiger partial charge on any atom is -0.456 e. The van der Waals surface area contributed by atoms with Crippen LogP contribution in [0.15, 0.2) is 180 Å². The van der Waals surface area contributed by atoms with E-state index in [4.69, 9.17) is 9.40 Å². The first-order valence-electron chi connectivity index (χ1n) is 25.5. The lowest BCUT2D eigenvalue weighted by atomic mass is 9.59. The molecule has 0 bridgehead atoms. The predicted molar refractivity (Wildman–Crippen MR) is 305 cm³/mol. The van der Waals surface area contributed by atoms with Gasteiger partial charge in [-0.1, -0.05) is 170 Å². The Labute approximate surface area is 421 Å². The van der Waals surface area contributed by atoms with Crippen LogP contribution in [0.1, 0.15) is 77.6 Å². The fourth-order valence-corrected chi connectivity index (χ4v) is 12.2. The van der Waals surface area contributed by atoms with Crippen LogP contribution in [-0.2, 0) is 16.2 Å². The SMILES string of the molecule is CC(C)(C)c1ccc(Nc2cc3c(cc2-c2ccc4c5cc6c(cc5n5c4c2Bc2cc4nc(-c7ccccc7)n(-c7ccccc7)c4cc2-5)C(C)(C)c2ccccc2-6)oc2cc(C(C)(C)C)ccc23)cc1. The third kappa shape index (κ3) is 6.30. The van der Waals surface area contributed by atoms with Gasteiger partial charge in [0.1, 0.15) is 17.0 Å². The Balaban J connectivity index is 1.06. The van der Waals surface area contributed by atoms with E-state index in [1.807, 2.05) is 0 Å². The van der Waals surface area contributed by atoms with Crippen LogP contribution in [0.2, 0.25) is 0 Å². The van der Waals surface area contributed by atoms with E-state index in [9.17, 15) is 0 Å². The minimum atomic E-state index is -0.163. The standard InChI is InChI=1S/C66H55BN4O/c1-64(2,3)39-23-26-41(27-24-39)68-54-33-50-44-28-25-40(65(4,5)6)31-59(44)72-60(50)34-48(54)45-29-30-46-49-32-47-43-21-15-16-22-51(43)66(7,8)52(47)35-56(49)71-57-37-58-55(36-53(57)67-61(45)62(46)71)69-63(38-17-11-9-12-18-38)70(58)42-19-13-10-14-20-42/h9-37,67-68H,1-8H3. The molecule has 5 nitrogen and oxygen atoms in total. The van der Waals surface area contributed by atoms with Gasteiger partial charge in [-0.25, -0.2) is 4.98 Å². The first kappa shape index (κ1) is 42.8. The molecule has 0 saturated carbocycles. The number of rotatable bonds is 5. The molecule has 4 heterocycles. The van der Waals surface area contributed by atoms with Crippen molar-refractivity contribution in [1.82, 2.24) is 14.1 Å². The molecule has 0 unspecified atom stereocenters. The summed E-state index contributed by atoms with van der Waals surface area (Å²) in [7, 11) is 0.730. The summed E-state index contributed by atoms with van der Waals surface area (Å²) < 4.78 is 11.8. The number of furan rings is 1. The number of nitrogens with zero attached hydrogens (tertiary/aromatic N) is 3. The molecule has 1 aliphatic heterocycles. The third-order valence-electron chi connectivity index (χ3n) is 16.0. The van der Waals surface area contributed by atoms with Crippen molar-refractivity contribution in [3.05, 3.63) is 198 Å². The summed E-state index contributed by atoms with van der Waals surface area (Å²) in [5.41, 5.74) is 24.4. The zero-order valence-corrected chi connectivity index (χ0v) is 42.2. The lowest BCUT2D eigenvalue weighted by molar-refractivity contribution is 0.587. The first-order chi connectivity index (χ1) is 34.7. The molecular weight excluding hydrogens is 876 g/mol. The molecule has 1 aliphatic carbocycles. The van der Waals surface area contributed by atoms with Crippen LogP contribution in [0.5, 0.6) is 0 Å². The Hall–Kier alpha value is -8.09. The number of hydrogen-bond acceptors (Lipinski definition) is 3. The van der Waals surface area contributed by atoms with Gasteiger partial charge in [-0.15, -0.1) is 0 Å². The second kappa shape index (κ2) is 15.0. The van der Waals surface area contributed by atoms with Gasteiger partial charge in [0.15, 0.2) is 7.28 Å². The maximum Gasteiger partial charge on any atom is 0.198 e. The summed E-state index contributed by atoms with van der Waals surface area (Å²) in [4.78, 5) is 5.48. The van der Waals surface area contributed by atoms with Gasteiger partial charge in [-0.3, -0.25) is 4.57 Å². The Morgan fingerprint density at radius 2 is 1.22 bits per heavy atom. The monoisotopic (exact) mass is 930 g/mol. The fraction of sp³-hybridized carbons (Fsp3) is 0.167. The normalized spacial score (nSPS) is 13.8. The number of para-hydroxylation sites is 1. The van der Waals surface area contributed by atoms with Crippen molar-refractivity contribution in [3.8, 4) is 45.0 Å². The van der Waals surface area contributed by atoms with Crippen molar-refractivity contribution in [2.24, 2.45) is 0 Å². The average molecular weight is 931 g/mol. The minimum absolute atomic E-state index is 0.00918. The van der Waals surface area contributed by atoms with E-state index in [0.29, 0.717) is 0 Å². The number of imidazole rings is 1. The number of hydrogen-bond donors (Lipinski definition) is 1. The van der Waals surface area contributed by atoms with E-state index in [1.54, 1.807) is 0 Å². The fourth-order valence-electron chi connectivity index (χ4n) is 12.2. The summed E-state index contributed by atoms with van der Waals surface area (Å²) in [5, 5.41) is 8.70. The summed E-state index contributed by atoms with van der Waals surface area (Å²) in [6.07, 6.45) is 0. The second-order valence-electron chi connectivity index (χ2n) is 22.9. The summed E-state index contributed by atoms with van der Waals surface area (Å²) in [6.45, 7) is 18.4. The molecular formula is C66H55BN4O. The van der Waals surface area contributed by atoms with Crippen molar-refractivity contribution in [2.45, 2.75) is 71.6 Å². The summed E-state index contributed by atoms with van der Waals surface area (Å²) in [6, 6.07) is 65.2. The van der Waals surface area contributed by atoms with Crippen molar-refractivity contribution in [2.75, 3.05) is 5.32 Å². The quantitative estimate of drug-likeness (QED) is 0.175. The van der Waals surface area contributed by atoms with Crippen LogP contribution in [0, 0.1) is 0 Å². The van der Waals surface area contributed by atoms with Crippen LogP contribution in [0.3, 0.4) is 0 Å². The molecule has 3 aromatic heterocycles. The van der Waals surface area contributed by atoms with Gasteiger partial charge in [0.25, 0.3) is 0 Å². The molecule has 0 spiro atoms. The number of fused-ring (bicyclic) bond motifs is 12. The zero-order chi connectivity index (χ0) is 49.0. The van der Waals surface area contributed by atoms with Crippen molar-refractivity contribution in [1.29, 1.82) is 0 Å². The molecule has 14 rings (SSSR count). The second-order valence-corrected chi connectivity index (χ2v) is 22.9. The van der Waals surface area contributed by atoms with Crippen LogP contribution >= 0.6 is 0 Å². The molecule has 0 fully saturated rings. The zero-order valence-electron chi connectivity index (χ0n) is 42.2. The van der Waals surface area contributed by atoms with Gasteiger partial charge >= 0.3 is 0 Å². The highest BCUT2D eigenvalue weighted by Gasteiger charge is 2.37. The molecule has 12 aromatic rings. The van der Waals surface area contributed by atoms with Crippen LogP contribution in [-0.4, -0.2) is 21.4 Å². The Kier molecular flexibility index (Phi) is 8.89. The lowest BCUT2D eigenvalue weighted by Crippen LogP contribution is -2.37. The van der Waals surface area contributed by atoms with Gasteiger partial charge in [0.05, 0.1) is 16.6 Å².